The van der Waals surface area contributed by atoms with Crippen molar-refractivity contribution in [2.75, 3.05) is 0 Å². The van der Waals surface area contributed by atoms with Gasteiger partial charge < -0.3 is 10.4 Å². The fraction of sp³-hybridized carbons (Fsp3) is 0.278. The smallest absolute Gasteiger partial charge is 0.405 e. The summed E-state index contributed by atoms with van der Waals surface area (Å²) in [4.78, 5) is 15.3. The number of nitrogens with zero attached hydrogens (tertiary/aromatic N) is 3. The van der Waals surface area contributed by atoms with Gasteiger partial charge in [-0.3, -0.25) is 0 Å². The lowest BCUT2D eigenvalue weighted by Crippen LogP contribution is -2.27. The van der Waals surface area contributed by atoms with Crippen LogP contribution in [0.25, 0.3) is 16.8 Å². The molecule has 6 nitrogen and oxygen atoms in total. The lowest BCUT2D eigenvalue weighted by atomic mass is 9.94. The minimum atomic E-state index is -1.09. The van der Waals surface area contributed by atoms with Crippen LogP contribution in [0.4, 0.5) is 9.18 Å². The SMILES string of the molecule is O=C(O)NC1CCCCc2c1ccc(-c1ncnn3cccc13)c2F. The van der Waals surface area contributed by atoms with E-state index < -0.39 is 6.09 Å². The van der Waals surface area contributed by atoms with Crippen LogP contribution in [0.15, 0.2) is 36.8 Å². The third kappa shape index (κ3) is 2.71. The maximum absolute atomic E-state index is 15.3. The Morgan fingerprint density at radius 2 is 2.20 bits per heavy atom. The number of carbonyl (C=O) groups is 1. The highest BCUT2D eigenvalue weighted by Crippen LogP contribution is 2.35. The van der Waals surface area contributed by atoms with Crippen LogP contribution in [0.2, 0.25) is 0 Å². The van der Waals surface area contributed by atoms with Crippen LogP contribution < -0.4 is 5.32 Å². The minimum absolute atomic E-state index is 0.321. The number of benzene rings is 1. The van der Waals surface area contributed by atoms with Gasteiger partial charge in [0.2, 0.25) is 0 Å². The molecule has 4 rings (SSSR count). The topological polar surface area (TPSA) is 79.5 Å². The van der Waals surface area contributed by atoms with Crippen LogP contribution in [0.3, 0.4) is 0 Å². The van der Waals surface area contributed by atoms with Gasteiger partial charge in [-0.25, -0.2) is 18.7 Å². The summed E-state index contributed by atoms with van der Waals surface area (Å²) >= 11 is 0. The van der Waals surface area contributed by atoms with Crippen molar-refractivity contribution in [1.29, 1.82) is 0 Å². The van der Waals surface area contributed by atoms with Gasteiger partial charge in [0.25, 0.3) is 0 Å². The molecule has 1 aliphatic carbocycles. The molecule has 0 saturated carbocycles. The molecular formula is C18H17FN4O2. The fourth-order valence-electron chi connectivity index (χ4n) is 3.58. The molecule has 0 bridgehead atoms. The van der Waals surface area contributed by atoms with E-state index in [2.05, 4.69) is 15.4 Å². The third-order valence-electron chi connectivity index (χ3n) is 4.71. The highest BCUT2D eigenvalue weighted by molar-refractivity contribution is 5.77. The maximum Gasteiger partial charge on any atom is 0.405 e. The Hall–Kier alpha value is -2.96. The molecule has 1 atom stereocenters. The molecule has 2 heterocycles. The van der Waals surface area contributed by atoms with Gasteiger partial charge in [0, 0.05) is 11.8 Å². The van der Waals surface area contributed by atoms with E-state index in [0.29, 0.717) is 29.7 Å². The summed E-state index contributed by atoms with van der Waals surface area (Å²) in [6, 6.07) is 6.81. The summed E-state index contributed by atoms with van der Waals surface area (Å²) in [6.07, 6.45) is 5.05. The second-order valence-electron chi connectivity index (χ2n) is 6.19. The van der Waals surface area contributed by atoms with Crippen molar-refractivity contribution in [3.63, 3.8) is 0 Å². The average Bonchev–Trinajstić information content (AvgIpc) is 2.98. The average molecular weight is 340 g/mol. The number of rotatable bonds is 2. The minimum Gasteiger partial charge on any atom is -0.465 e. The van der Waals surface area contributed by atoms with Crippen molar-refractivity contribution in [3.8, 4) is 11.3 Å². The molecule has 0 aliphatic heterocycles. The number of hydrogen-bond acceptors (Lipinski definition) is 3. The van der Waals surface area contributed by atoms with Gasteiger partial charge in [-0.05, 0) is 48.6 Å². The monoisotopic (exact) mass is 340 g/mol. The lowest BCUT2D eigenvalue weighted by molar-refractivity contribution is 0.189. The van der Waals surface area contributed by atoms with Crippen LogP contribution in [0, 0.1) is 5.82 Å². The maximum atomic E-state index is 15.3. The summed E-state index contributed by atoms with van der Waals surface area (Å²) in [7, 11) is 0. The van der Waals surface area contributed by atoms with Gasteiger partial charge in [-0.15, -0.1) is 0 Å². The van der Waals surface area contributed by atoms with Crippen LogP contribution in [0.1, 0.15) is 36.4 Å². The Bertz CT molecular complexity index is 953. The first kappa shape index (κ1) is 15.6. The Labute approximate surface area is 143 Å². The quantitative estimate of drug-likeness (QED) is 0.699. The molecule has 1 unspecified atom stereocenters. The molecule has 7 heteroatoms. The first-order valence-corrected chi connectivity index (χ1v) is 8.24. The molecule has 0 radical (unpaired) electrons. The molecule has 1 amide bonds. The van der Waals surface area contributed by atoms with E-state index in [9.17, 15) is 4.79 Å². The molecule has 2 aromatic heterocycles. The molecule has 3 aromatic rings. The van der Waals surface area contributed by atoms with E-state index in [1.165, 1.54) is 6.33 Å². The molecule has 0 fully saturated rings. The van der Waals surface area contributed by atoms with E-state index in [0.717, 1.165) is 23.9 Å². The predicted octanol–water partition coefficient (Wildman–Crippen LogP) is 3.57. The number of hydrogen-bond donors (Lipinski definition) is 2. The molecule has 1 aliphatic rings. The number of amides is 1. The highest BCUT2D eigenvalue weighted by atomic mass is 19.1. The van der Waals surface area contributed by atoms with Crippen LogP contribution in [-0.2, 0) is 6.42 Å². The van der Waals surface area contributed by atoms with Gasteiger partial charge in [0.05, 0.1) is 11.6 Å². The Balaban J connectivity index is 1.86. The molecule has 0 spiro atoms. The fourth-order valence-corrected chi connectivity index (χ4v) is 3.58. The largest absolute Gasteiger partial charge is 0.465 e. The van der Waals surface area contributed by atoms with Crippen molar-refractivity contribution in [2.45, 2.75) is 31.7 Å². The number of halogens is 1. The van der Waals surface area contributed by atoms with Gasteiger partial charge >= 0.3 is 6.09 Å². The second kappa shape index (κ2) is 6.16. The van der Waals surface area contributed by atoms with E-state index in [1.807, 2.05) is 18.2 Å². The van der Waals surface area contributed by atoms with Gasteiger partial charge in [0.1, 0.15) is 17.8 Å². The molecule has 1 aromatic carbocycles. The predicted molar refractivity (Wildman–Crippen MR) is 89.8 cm³/mol. The molecule has 25 heavy (non-hydrogen) atoms. The second-order valence-corrected chi connectivity index (χ2v) is 6.19. The number of carboxylic acid groups (broad SMARTS) is 1. The Morgan fingerprint density at radius 1 is 1.32 bits per heavy atom. The normalized spacial score (nSPS) is 17.1. The number of nitrogens with one attached hydrogen (secondary N) is 1. The first-order valence-electron chi connectivity index (χ1n) is 8.24. The molecule has 128 valence electrons. The summed E-state index contributed by atoms with van der Waals surface area (Å²) < 4.78 is 17.0. The zero-order chi connectivity index (χ0) is 17.4. The van der Waals surface area contributed by atoms with E-state index >= 15 is 4.39 Å². The summed E-state index contributed by atoms with van der Waals surface area (Å²) in [5.41, 5.74) is 2.99. The first-order chi connectivity index (χ1) is 12.1. The van der Waals surface area contributed by atoms with Crippen molar-refractivity contribution >= 4 is 11.6 Å². The number of aromatic nitrogens is 3. The lowest BCUT2D eigenvalue weighted by Gasteiger charge is -2.19. The van der Waals surface area contributed by atoms with Crippen LogP contribution >= 0.6 is 0 Å². The summed E-state index contributed by atoms with van der Waals surface area (Å²) in [5.74, 6) is -0.321. The highest BCUT2D eigenvalue weighted by Gasteiger charge is 2.25. The van der Waals surface area contributed by atoms with Crippen molar-refractivity contribution in [3.05, 3.63) is 53.7 Å². The third-order valence-corrected chi connectivity index (χ3v) is 4.71. The van der Waals surface area contributed by atoms with E-state index in [-0.39, 0.29) is 11.9 Å². The van der Waals surface area contributed by atoms with Gasteiger partial charge in [0.15, 0.2) is 0 Å². The van der Waals surface area contributed by atoms with Crippen molar-refractivity contribution in [2.24, 2.45) is 0 Å². The Morgan fingerprint density at radius 3 is 3.04 bits per heavy atom. The zero-order valence-corrected chi connectivity index (χ0v) is 13.4. The van der Waals surface area contributed by atoms with Crippen LogP contribution in [-0.4, -0.2) is 25.8 Å². The van der Waals surface area contributed by atoms with Gasteiger partial charge in [-0.2, -0.15) is 5.10 Å². The summed E-state index contributed by atoms with van der Waals surface area (Å²) in [5, 5.41) is 15.7. The van der Waals surface area contributed by atoms with E-state index in [1.54, 1.807) is 16.8 Å². The molecular weight excluding hydrogens is 323 g/mol. The molecule has 0 saturated heterocycles. The van der Waals surface area contributed by atoms with Crippen LogP contribution in [0.5, 0.6) is 0 Å². The van der Waals surface area contributed by atoms with E-state index in [4.69, 9.17) is 5.11 Å². The van der Waals surface area contributed by atoms with Gasteiger partial charge in [-0.1, -0.05) is 12.5 Å². The zero-order valence-electron chi connectivity index (χ0n) is 13.4. The van der Waals surface area contributed by atoms with Crippen molar-refractivity contribution in [1.82, 2.24) is 19.9 Å². The van der Waals surface area contributed by atoms with Crippen molar-refractivity contribution < 1.29 is 14.3 Å². The standard InChI is InChI=1S/C18H17FN4O2/c19-16-12-4-1-2-5-14(22-18(24)25)11(12)7-8-13(16)17-15-6-3-9-23(15)21-10-20-17/h3,6-10,14,22H,1-2,4-5H2,(H,24,25). The Kier molecular flexibility index (Phi) is 3.83. The number of fused-ring (bicyclic) bond motifs is 2. The molecule has 2 N–H and O–H groups in total. The summed E-state index contributed by atoms with van der Waals surface area (Å²) in [6.45, 7) is 0.